The molecule has 4 nitrogen and oxygen atoms in total. The van der Waals surface area contributed by atoms with Gasteiger partial charge in [0.1, 0.15) is 5.75 Å². The number of nitrogens with one attached hydrogen (secondary N) is 1. The molecule has 0 saturated heterocycles. The predicted octanol–water partition coefficient (Wildman–Crippen LogP) is 4.77. The zero-order chi connectivity index (χ0) is 16.4. The Balaban J connectivity index is 1.71. The molecule has 0 aliphatic heterocycles. The third-order valence-electron chi connectivity index (χ3n) is 3.33. The van der Waals surface area contributed by atoms with Gasteiger partial charge in [0, 0.05) is 4.47 Å². The number of carbonyl (C=O) groups is 1. The summed E-state index contributed by atoms with van der Waals surface area (Å²) in [5.41, 5.74) is 2.02. The number of amides is 1. The third-order valence-corrected chi connectivity index (χ3v) is 4.76. The highest BCUT2D eigenvalue weighted by Crippen LogP contribution is 2.28. The highest BCUT2D eigenvalue weighted by Gasteiger charge is 2.17. The van der Waals surface area contributed by atoms with Crippen molar-refractivity contribution in [2.45, 2.75) is 20.0 Å². The van der Waals surface area contributed by atoms with Crippen molar-refractivity contribution in [3.8, 4) is 5.75 Å². The Morgan fingerprint density at radius 1 is 1.30 bits per heavy atom. The Morgan fingerprint density at radius 3 is 2.83 bits per heavy atom. The van der Waals surface area contributed by atoms with E-state index < -0.39 is 6.10 Å². The van der Waals surface area contributed by atoms with E-state index in [4.69, 9.17) is 4.74 Å². The van der Waals surface area contributed by atoms with Crippen LogP contribution in [-0.4, -0.2) is 17.0 Å². The van der Waals surface area contributed by atoms with Crippen LogP contribution >= 0.6 is 27.3 Å². The number of fused-ring (bicyclic) bond motifs is 1. The van der Waals surface area contributed by atoms with Crippen LogP contribution in [0.1, 0.15) is 12.5 Å². The van der Waals surface area contributed by atoms with Crippen LogP contribution < -0.4 is 10.1 Å². The molecule has 118 valence electrons. The van der Waals surface area contributed by atoms with E-state index in [0.29, 0.717) is 10.9 Å². The third kappa shape index (κ3) is 3.71. The maximum atomic E-state index is 12.3. The minimum absolute atomic E-state index is 0.221. The largest absolute Gasteiger partial charge is 0.481 e. The first-order valence-electron chi connectivity index (χ1n) is 7.12. The molecule has 6 heteroatoms. The number of benzene rings is 2. The predicted molar refractivity (Wildman–Crippen MR) is 97.2 cm³/mol. The summed E-state index contributed by atoms with van der Waals surface area (Å²) in [6, 6.07) is 13.4. The molecule has 1 amide bonds. The number of para-hydroxylation sites is 1. The lowest BCUT2D eigenvalue weighted by Gasteiger charge is -2.13. The molecule has 0 aliphatic rings. The van der Waals surface area contributed by atoms with Crippen molar-refractivity contribution >= 4 is 48.5 Å². The summed E-state index contributed by atoms with van der Waals surface area (Å²) in [6.45, 7) is 3.72. The monoisotopic (exact) mass is 390 g/mol. The number of halogens is 1. The highest BCUT2D eigenvalue weighted by molar-refractivity contribution is 9.10. The van der Waals surface area contributed by atoms with E-state index in [2.05, 4.69) is 26.2 Å². The molecule has 1 aromatic heterocycles. The minimum Gasteiger partial charge on any atom is -0.481 e. The van der Waals surface area contributed by atoms with Crippen molar-refractivity contribution in [3.63, 3.8) is 0 Å². The van der Waals surface area contributed by atoms with E-state index in [9.17, 15) is 4.79 Å². The smallest absolute Gasteiger partial charge is 0.266 e. The van der Waals surface area contributed by atoms with Crippen molar-refractivity contribution in [2.24, 2.45) is 0 Å². The van der Waals surface area contributed by atoms with Crippen LogP contribution in [0.25, 0.3) is 10.2 Å². The van der Waals surface area contributed by atoms with Crippen molar-refractivity contribution in [2.75, 3.05) is 5.32 Å². The fraction of sp³-hybridized carbons (Fsp3) is 0.176. The second kappa shape index (κ2) is 6.68. The summed E-state index contributed by atoms with van der Waals surface area (Å²) in [5, 5.41) is 3.41. The van der Waals surface area contributed by atoms with E-state index in [1.807, 2.05) is 49.4 Å². The SMILES string of the molecule is Cc1cccc2sc(NC(=O)C(C)Oc3cccc(Br)c3)nc12. The average molecular weight is 391 g/mol. The molecule has 0 radical (unpaired) electrons. The average Bonchev–Trinajstić information content (AvgIpc) is 2.91. The molecule has 23 heavy (non-hydrogen) atoms. The standard InChI is InChI=1S/C17H15BrN2O2S/c1-10-5-3-8-14-15(10)19-17(23-14)20-16(21)11(2)22-13-7-4-6-12(18)9-13/h3-9,11H,1-2H3,(H,19,20,21). The number of thiazole rings is 1. The molecule has 1 heterocycles. The summed E-state index contributed by atoms with van der Waals surface area (Å²) in [7, 11) is 0. The van der Waals surface area contributed by atoms with Gasteiger partial charge in [-0.2, -0.15) is 0 Å². The van der Waals surface area contributed by atoms with Crippen molar-refractivity contribution in [1.82, 2.24) is 4.98 Å². The van der Waals surface area contributed by atoms with Gasteiger partial charge in [0.05, 0.1) is 10.2 Å². The van der Waals surface area contributed by atoms with Crippen LogP contribution in [0.3, 0.4) is 0 Å². The van der Waals surface area contributed by atoms with Gasteiger partial charge >= 0.3 is 0 Å². The molecule has 1 unspecified atom stereocenters. The van der Waals surface area contributed by atoms with Gasteiger partial charge in [-0.1, -0.05) is 45.5 Å². The number of hydrogen-bond donors (Lipinski definition) is 1. The van der Waals surface area contributed by atoms with Crippen LogP contribution in [0.2, 0.25) is 0 Å². The fourth-order valence-electron chi connectivity index (χ4n) is 2.14. The second-order valence-electron chi connectivity index (χ2n) is 5.15. The Hall–Kier alpha value is -1.92. The fourth-order valence-corrected chi connectivity index (χ4v) is 3.47. The number of carbonyl (C=O) groups excluding carboxylic acids is 1. The second-order valence-corrected chi connectivity index (χ2v) is 7.09. The Kier molecular flexibility index (Phi) is 4.63. The van der Waals surface area contributed by atoms with Gasteiger partial charge in [0.25, 0.3) is 5.91 Å². The Bertz CT molecular complexity index is 863. The zero-order valence-electron chi connectivity index (χ0n) is 12.7. The molecule has 0 spiro atoms. The molecule has 3 rings (SSSR count). The molecule has 0 aliphatic carbocycles. The highest BCUT2D eigenvalue weighted by atomic mass is 79.9. The first-order valence-corrected chi connectivity index (χ1v) is 8.73. The maximum absolute atomic E-state index is 12.3. The van der Waals surface area contributed by atoms with E-state index in [-0.39, 0.29) is 5.91 Å². The van der Waals surface area contributed by atoms with Gasteiger partial charge in [0.15, 0.2) is 11.2 Å². The van der Waals surface area contributed by atoms with Gasteiger partial charge in [0.2, 0.25) is 0 Å². The van der Waals surface area contributed by atoms with E-state index in [1.165, 1.54) is 11.3 Å². The molecule has 1 atom stereocenters. The van der Waals surface area contributed by atoms with Crippen LogP contribution in [0.5, 0.6) is 5.75 Å². The van der Waals surface area contributed by atoms with Crippen LogP contribution in [0, 0.1) is 6.92 Å². The number of aromatic nitrogens is 1. The van der Waals surface area contributed by atoms with Gasteiger partial charge in [-0.3, -0.25) is 10.1 Å². The quantitative estimate of drug-likeness (QED) is 0.697. The summed E-state index contributed by atoms with van der Waals surface area (Å²) < 4.78 is 7.62. The Morgan fingerprint density at radius 2 is 2.09 bits per heavy atom. The van der Waals surface area contributed by atoms with Gasteiger partial charge < -0.3 is 4.74 Å². The molecular formula is C17H15BrN2O2S. The van der Waals surface area contributed by atoms with Crippen molar-refractivity contribution < 1.29 is 9.53 Å². The molecular weight excluding hydrogens is 376 g/mol. The van der Waals surface area contributed by atoms with E-state index in [1.54, 1.807) is 6.92 Å². The maximum Gasteiger partial charge on any atom is 0.266 e. The number of ether oxygens (including phenoxy) is 1. The first-order chi connectivity index (χ1) is 11.0. The number of aryl methyl sites for hydroxylation is 1. The topological polar surface area (TPSA) is 51.2 Å². The van der Waals surface area contributed by atoms with Crippen LogP contribution in [0.4, 0.5) is 5.13 Å². The summed E-state index contributed by atoms with van der Waals surface area (Å²) in [6.07, 6.45) is -0.614. The molecule has 2 aromatic carbocycles. The van der Waals surface area contributed by atoms with Gasteiger partial charge in [-0.25, -0.2) is 4.98 Å². The van der Waals surface area contributed by atoms with Crippen LogP contribution in [-0.2, 0) is 4.79 Å². The molecule has 0 bridgehead atoms. The number of nitrogens with zero attached hydrogens (tertiary/aromatic N) is 1. The lowest BCUT2D eigenvalue weighted by atomic mass is 10.2. The minimum atomic E-state index is -0.614. The van der Waals surface area contributed by atoms with E-state index >= 15 is 0 Å². The lowest BCUT2D eigenvalue weighted by molar-refractivity contribution is -0.122. The van der Waals surface area contributed by atoms with Gasteiger partial charge in [-0.05, 0) is 43.7 Å². The summed E-state index contributed by atoms with van der Waals surface area (Å²) >= 11 is 4.84. The number of hydrogen-bond acceptors (Lipinski definition) is 4. The molecule has 1 N–H and O–H groups in total. The zero-order valence-corrected chi connectivity index (χ0v) is 15.1. The summed E-state index contributed by atoms with van der Waals surface area (Å²) in [4.78, 5) is 16.8. The van der Waals surface area contributed by atoms with Crippen molar-refractivity contribution in [1.29, 1.82) is 0 Å². The van der Waals surface area contributed by atoms with Gasteiger partial charge in [-0.15, -0.1) is 0 Å². The number of anilines is 1. The number of rotatable bonds is 4. The lowest BCUT2D eigenvalue weighted by Crippen LogP contribution is -2.30. The van der Waals surface area contributed by atoms with Crippen LogP contribution in [0.15, 0.2) is 46.9 Å². The normalized spacial score (nSPS) is 12.1. The molecule has 0 saturated carbocycles. The molecule has 0 fully saturated rings. The van der Waals surface area contributed by atoms with Crippen molar-refractivity contribution in [3.05, 3.63) is 52.5 Å². The molecule has 3 aromatic rings. The Labute approximate surface area is 146 Å². The first kappa shape index (κ1) is 16.0. The summed E-state index contributed by atoms with van der Waals surface area (Å²) in [5.74, 6) is 0.420. The van der Waals surface area contributed by atoms with E-state index in [0.717, 1.165) is 20.3 Å².